The van der Waals surface area contributed by atoms with Crippen LogP contribution in [0.3, 0.4) is 0 Å². The van der Waals surface area contributed by atoms with Crippen molar-refractivity contribution >= 4 is 15.9 Å². The summed E-state index contributed by atoms with van der Waals surface area (Å²) in [5.74, 6) is 0.758. The zero-order valence-corrected chi connectivity index (χ0v) is 15.0. The fourth-order valence-electron chi connectivity index (χ4n) is 2.97. The molecular weight excluding hydrogens is 340 g/mol. The summed E-state index contributed by atoms with van der Waals surface area (Å²) in [4.78, 5) is 12.4. The molecule has 0 bridgehead atoms. The Bertz CT molecular complexity index is 813. The van der Waals surface area contributed by atoms with E-state index in [0.717, 1.165) is 12.8 Å². The quantitative estimate of drug-likeness (QED) is 0.887. The van der Waals surface area contributed by atoms with E-state index in [4.69, 9.17) is 4.42 Å². The number of furan rings is 1. The number of piperidine rings is 1. The summed E-state index contributed by atoms with van der Waals surface area (Å²) >= 11 is 0. The van der Waals surface area contributed by atoms with Gasteiger partial charge in [-0.2, -0.15) is 4.31 Å². The predicted octanol–water partition coefficient (Wildman–Crippen LogP) is 2.63. The van der Waals surface area contributed by atoms with Gasteiger partial charge in [0.05, 0.1) is 17.7 Å². The Morgan fingerprint density at radius 3 is 2.68 bits per heavy atom. The zero-order chi connectivity index (χ0) is 17.9. The molecule has 1 aromatic carbocycles. The van der Waals surface area contributed by atoms with Crippen LogP contribution in [0, 0.1) is 5.92 Å². The monoisotopic (exact) mass is 362 g/mol. The topological polar surface area (TPSA) is 79.6 Å². The maximum atomic E-state index is 12.7. The molecule has 1 aliphatic rings. The van der Waals surface area contributed by atoms with Gasteiger partial charge >= 0.3 is 0 Å². The van der Waals surface area contributed by atoms with Crippen LogP contribution in [0.1, 0.15) is 35.9 Å². The molecule has 1 fully saturated rings. The van der Waals surface area contributed by atoms with E-state index >= 15 is 0 Å². The molecule has 134 valence electrons. The van der Waals surface area contributed by atoms with E-state index in [1.54, 1.807) is 18.4 Å². The zero-order valence-electron chi connectivity index (χ0n) is 14.1. The number of rotatable bonds is 5. The number of benzene rings is 1. The highest BCUT2D eigenvalue weighted by Gasteiger charge is 2.28. The summed E-state index contributed by atoms with van der Waals surface area (Å²) in [7, 11) is -3.50. The van der Waals surface area contributed by atoms with E-state index in [0.29, 0.717) is 30.3 Å². The molecule has 7 heteroatoms. The van der Waals surface area contributed by atoms with Crippen molar-refractivity contribution in [1.82, 2.24) is 9.62 Å². The second kappa shape index (κ2) is 7.41. The van der Waals surface area contributed by atoms with Gasteiger partial charge < -0.3 is 9.73 Å². The first-order valence-electron chi connectivity index (χ1n) is 8.37. The lowest BCUT2D eigenvalue weighted by Crippen LogP contribution is -2.39. The average Bonchev–Trinajstić information content (AvgIpc) is 3.13. The van der Waals surface area contributed by atoms with E-state index in [9.17, 15) is 13.2 Å². The molecule has 1 aliphatic heterocycles. The maximum Gasteiger partial charge on any atom is 0.251 e. The molecular formula is C18H22N2O4S. The van der Waals surface area contributed by atoms with Crippen molar-refractivity contribution < 1.29 is 17.6 Å². The van der Waals surface area contributed by atoms with Crippen LogP contribution in [-0.2, 0) is 16.6 Å². The highest BCUT2D eigenvalue weighted by atomic mass is 32.2. The minimum Gasteiger partial charge on any atom is -0.467 e. The largest absolute Gasteiger partial charge is 0.467 e. The van der Waals surface area contributed by atoms with Crippen LogP contribution in [0.2, 0.25) is 0 Å². The van der Waals surface area contributed by atoms with E-state index in [1.807, 2.05) is 0 Å². The Morgan fingerprint density at radius 2 is 2.04 bits per heavy atom. The molecule has 2 heterocycles. The van der Waals surface area contributed by atoms with Crippen LogP contribution in [0.5, 0.6) is 0 Å². The molecule has 1 atom stereocenters. The van der Waals surface area contributed by atoms with Gasteiger partial charge in [0.1, 0.15) is 5.76 Å². The van der Waals surface area contributed by atoms with E-state index in [2.05, 4.69) is 12.2 Å². The van der Waals surface area contributed by atoms with Gasteiger partial charge in [-0.05, 0) is 55.2 Å². The van der Waals surface area contributed by atoms with Crippen LogP contribution < -0.4 is 5.32 Å². The number of carbonyl (C=O) groups excluding carboxylic acids is 1. The molecule has 1 aromatic heterocycles. The van der Waals surface area contributed by atoms with Crippen LogP contribution in [0.4, 0.5) is 0 Å². The SMILES string of the molecule is C[C@H]1CCCN(S(=O)(=O)c2ccc(C(=O)NCc3ccco3)cc2)C1. The molecule has 2 aromatic rings. The summed E-state index contributed by atoms with van der Waals surface area (Å²) in [5.41, 5.74) is 0.414. The summed E-state index contributed by atoms with van der Waals surface area (Å²) < 4.78 is 32.1. The summed E-state index contributed by atoms with van der Waals surface area (Å²) in [6, 6.07) is 9.60. The van der Waals surface area contributed by atoms with Gasteiger partial charge in [-0.1, -0.05) is 6.92 Å². The summed E-state index contributed by atoms with van der Waals surface area (Å²) in [6.45, 7) is 3.46. The van der Waals surface area contributed by atoms with Crippen molar-refractivity contribution in [3.05, 3.63) is 54.0 Å². The molecule has 0 saturated carbocycles. The van der Waals surface area contributed by atoms with Gasteiger partial charge in [-0.25, -0.2) is 8.42 Å². The first-order chi connectivity index (χ1) is 12.0. The van der Waals surface area contributed by atoms with E-state index < -0.39 is 10.0 Å². The van der Waals surface area contributed by atoms with Crippen molar-refractivity contribution in [2.24, 2.45) is 5.92 Å². The van der Waals surface area contributed by atoms with Crippen LogP contribution in [0.25, 0.3) is 0 Å². The van der Waals surface area contributed by atoms with Gasteiger partial charge in [0.25, 0.3) is 5.91 Å². The van der Waals surface area contributed by atoms with Gasteiger partial charge in [-0.3, -0.25) is 4.79 Å². The van der Waals surface area contributed by atoms with Gasteiger partial charge in [0.2, 0.25) is 10.0 Å². The Hall–Kier alpha value is -2.12. The fourth-order valence-corrected chi connectivity index (χ4v) is 4.57. The second-order valence-corrected chi connectivity index (χ2v) is 8.33. The molecule has 0 aliphatic carbocycles. The minimum atomic E-state index is -3.50. The fraction of sp³-hybridized carbons (Fsp3) is 0.389. The van der Waals surface area contributed by atoms with E-state index in [1.165, 1.54) is 28.6 Å². The lowest BCUT2D eigenvalue weighted by molar-refractivity contribution is 0.0948. The number of hydrogen-bond donors (Lipinski definition) is 1. The normalized spacial score (nSPS) is 18.8. The van der Waals surface area contributed by atoms with Crippen molar-refractivity contribution in [1.29, 1.82) is 0 Å². The number of hydrogen-bond acceptors (Lipinski definition) is 4. The third kappa shape index (κ3) is 4.11. The molecule has 0 spiro atoms. The molecule has 1 amide bonds. The number of nitrogens with zero attached hydrogens (tertiary/aromatic N) is 1. The third-order valence-corrected chi connectivity index (χ3v) is 6.26. The highest BCUT2D eigenvalue weighted by molar-refractivity contribution is 7.89. The van der Waals surface area contributed by atoms with E-state index in [-0.39, 0.29) is 17.3 Å². The van der Waals surface area contributed by atoms with Crippen LogP contribution in [0.15, 0.2) is 52.0 Å². The van der Waals surface area contributed by atoms with Crippen molar-refractivity contribution in [3.8, 4) is 0 Å². The Morgan fingerprint density at radius 1 is 1.28 bits per heavy atom. The first kappa shape index (κ1) is 17.7. The second-order valence-electron chi connectivity index (χ2n) is 6.40. The Balaban J connectivity index is 1.67. The number of amides is 1. The van der Waals surface area contributed by atoms with Gasteiger partial charge in [-0.15, -0.1) is 0 Å². The minimum absolute atomic E-state index is 0.226. The molecule has 3 rings (SSSR count). The van der Waals surface area contributed by atoms with Gasteiger partial charge in [0.15, 0.2) is 0 Å². The number of sulfonamides is 1. The predicted molar refractivity (Wildman–Crippen MR) is 93.5 cm³/mol. The first-order valence-corrected chi connectivity index (χ1v) is 9.81. The Kier molecular flexibility index (Phi) is 5.24. The Labute approximate surface area is 147 Å². The lowest BCUT2D eigenvalue weighted by Gasteiger charge is -2.30. The number of carbonyl (C=O) groups is 1. The smallest absolute Gasteiger partial charge is 0.251 e. The van der Waals surface area contributed by atoms with Crippen LogP contribution >= 0.6 is 0 Å². The summed E-state index contributed by atoms with van der Waals surface area (Å²) in [6.07, 6.45) is 3.48. The standard InChI is InChI=1S/C18H22N2O4S/c1-14-4-2-10-20(13-14)25(22,23)17-8-6-15(7-9-17)18(21)19-12-16-5-3-11-24-16/h3,5-9,11,14H,2,4,10,12-13H2,1H3,(H,19,21)/t14-/m0/s1. The van der Waals surface area contributed by atoms with Crippen LogP contribution in [-0.4, -0.2) is 31.7 Å². The molecule has 1 saturated heterocycles. The van der Waals surface area contributed by atoms with Gasteiger partial charge in [0, 0.05) is 18.7 Å². The van der Waals surface area contributed by atoms with Crippen molar-refractivity contribution in [2.45, 2.75) is 31.2 Å². The molecule has 0 unspecified atom stereocenters. The molecule has 0 radical (unpaired) electrons. The third-order valence-electron chi connectivity index (χ3n) is 4.38. The highest BCUT2D eigenvalue weighted by Crippen LogP contribution is 2.23. The average molecular weight is 362 g/mol. The summed E-state index contributed by atoms with van der Waals surface area (Å²) in [5, 5.41) is 2.74. The maximum absolute atomic E-state index is 12.7. The molecule has 25 heavy (non-hydrogen) atoms. The molecule has 6 nitrogen and oxygen atoms in total. The lowest BCUT2D eigenvalue weighted by atomic mass is 10.0. The van der Waals surface area contributed by atoms with Crippen molar-refractivity contribution in [2.75, 3.05) is 13.1 Å². The van der Waals surface area contributed by atoms with Crippen molar-refractivity contribution in [3.63, 3.8) is 0 Å². The molecule has 1 N–H and O–H groups in total. The number of nitrogens with one attached hydrogen (secondary N) is 1.